The molecule has 0 saturated carbocycles. The highest BCUT2D eigenvalue weighted by molar-refractivity contribution is 7.92. The van der Waals surface area contributed by atoms with Crippen LogP contribution in [0.15, 0.2) is 61.3 Å². The molecule has 1 amide bonds. The highest BCUT2D eigenvalue weighted by Gasteiger charge is 2.11. The first kappa shape index (κ1) is 19.6. The van der Waals surface area contributed by atoms with Crippen molar-refractivity contribution in [2.75, 3.05) is 10.5 Å². The molecule has 0 saturated heterocycles. The second-order valence-electron chi connectivity index (χ2n) is 6.18. The van der Waals surface area contributed by atoms with Gasteiger partial charge in [-0.05, 0) is 42.3 Å². The number of amides is 1. The third-order valence-electron chi connectivity index (χ3n) is 3.90. The van der Waals surface area contributed by atoms with Crippen molar-refractivity contribution in [1.82, 2.24) is 19.9 Å². The molecule has 2 N–H and O–H groups in total. The third-order valence-corrected chi connectivity index (χ3v) is 5.40. The standard InChI is InChI=1S/C19H21N5O3S/c1-2-10-28(26,27)23-17-5-3-4-16(12-17)19(25)22-13-15-6-7-21-18(11-15)24-9-8-20-14-24/h3-9,11-12,14,23H,2,10,13H2,1H3,(H,22,25). The molecule has 28 heavy (non-hydrogen) atoms. The van der Waals surface area contributed by atoms with Crippen LogP contribution in [0.5, 0.6) is 0 Å². The Morgan fingerprint density at radius 2 is 2.04 bits per heavy atom. The molecule has 0 radical (unpaired) electrons. The third kappa shape index (κ3) is 5.17. The Bertz CT molecular complexity index is 1050. The number of hydrogen-bond acceptors (Lipinski definition) is 5. The molecule has 3 aromatic rings. The summed E-state index contributed by atoms with van der Waals surface area (Å²) in [5, 5.41) is 2.83. The molecule has 9 heteroatoms. The number of carbonyl (C=O) groups excluding carboxylic acids is 1. The van der Waals surface area contributed by atoms with Gasteiger partial charge in [0.25, 0.3) is 5.91 Å². The first-order chi connectivity index (χ1) is 13.5. The Labute approximate surface area is 163 Å². The summed E-state index contributed by atoms with van der Waals surface area (Å²) in [6, 6.07) is 10.1. The molecule has 0 fully saturated rings. The minimum atomic E-state index is -3.40. The van der Waals surface area contributed by atoms with Gasteiger partial charge in [-0.3, -0.25) is 14.1 Å². The number of rotatable bonds is 8. The fourth-order valence-corrected chi connectivity index (χ4v) is 3.74. The maximum absolute atomic E-state index is 12.5. The van der Waals surface area contributed by atoms with Crippen molar-refractivity contribution in [3.63, 3.8) is 0 Å². The lowest BCUT2D eigenvalue weighted by atomic mass is 10.2. The van der Waals surface area contributed by atoms with Gasteiger partial charge in [0, 0.05) is 36.4 Å². The predicted octanol–water partition coefficient (Wildman–Crippen LogP) is 2.35. The topological polar surface area (TPSA) is 106 Å². The zero-order chi connectivity index (χ0) is 20.0. The maximum atomic E-state index is 12.5. The largest absolute Gasteiger partial charge is 0.348 e. The Balaban J connectivity index is 1.66. The van der Waals surface area contributed by atoms with E-state index in [9.17, 15) is 13.2 Å². The molecule has 146 valence electrons. The number of sulfonamides is 1. The van der Waals surface area contributed by atoms with Gasteiger partial charge < -0.3 is 5.32 Å². The number of pyridine rings is 1. The molecule has 0 unspecified atom stereocenters. The lowest BCUT2D eigenvalue weighted by Gasteiger charge is -2.10. The van der Waals surface area contributed by atoms with Crippen molar-refractivity contribution >= 4 is 21.6 Å². The van der Waals surface area contributed by atoms with Crippen LogP contribution in [-0.2, 0) is 16.6 Å². The van der Waals surface area contributed by atoms with Gasteiger partial charge in [0.15, 0.2) is 0 Å². The molecule has 2 heterocycles. The van der Waals surface area contributed by atoms with E-state index in [1.54, 1.807) is 54.6 Å². The van der Waals surface area contributed by atoms with Crippen LogP contribution in [0.2, 0.25) is 0 Å². The highest BCUT2D eigenvalue weighted by atomic mass is 32.2. The predicted molar refractivity (Wildman–Crippen MR) is 107 cm³/mol. The molecule has 2 aromatic heterocycles. The monoisotopic (exact) mass is 399 g/mol. The minimum Gasteiger partial charge on any atom is -0.348 e. The van der Waals surface area contributed by atoms with Crippen LogP contribution in [0.4, 0.5) is 5.69 Å². The molecule has 1 aromatic carbocycles. The first-order valence-electron chi connectivity index (χ1n) is 8.79. The Morgan fingerprint density at radius 3 is 2.79 bits per heavy atom. The maximum Gasteiger partial charge on any atom is 0.251 e. The first-order valence-corrected chi connectivity index (χ1v) is 10.4. The van der Waals surface area contributed by atoms with Crippen LogP contribution in [0, 0.1) is 0 Å². The summed E-state index contributed by atoms with van der Waals surface area (Å²) in [7, 11) is -3.40. The van der Waals surface area contributed by atoms with Gasteiger partial charge in [0.05, 0.1) is 5.75 Å². The van der Waals surface area contributed by atoms with Gasteiger partial charge in [0.2, 0.25) is 10.0 Å². The van der Waals surface area contributed by atoms with Crippen molar-refractivity contribution in [3.8, 4) is 5.82 Å². The SMILES string of the molecule is CCCS(=O)(=O)Nc1cccc(C(=O)NCc2ccnc(-n3ccnc3)c2)c1. The van der Waals surface area contributed by atoms with Crippen molar-refractivity contribution in [2.24, 2.45) is 0 Å². The van der Waals surface area contributed by atoms with Gasteiger partial charge in [-0.2, -0.15) is 0 Å². The van der Waals surface area contributed by atoms with Gasteiger partial charge in [-0.15, -0.1) is 0 Å². The van der Waals surface area contributed by atoms with Crippen molar-refractivity contribution in [3.05, 3.63) is 72.4 Å². The summed E-state index contributed by atoms with van der Waals surface area (Å²) in [5.41, 5.74) is 1.62. The summed E-state index contributed by atoms with van der Waals surface area (Å²) < 4.78 is 28.1. The molecule has 3 rings (SSSR count). The zero-order valence-electron chi connectivity index (χ0n) is 15.4. The van der Waals surface area contributed by atoms with Crippen molar-refractivity contribution in [2.45, 2.75) is 19.9 Å². The Hall–Kier alpha value is -3.20. The van der Waals surface area contributed by atoms with E-state index in [2.05, 4.69) is 20.0 Å². The summed E-state index contributed by atoms with van der Waals surface area (Å²) in [4.78, 5) is 20.7. The van der Waals surface area contributed by atoms with Gasteiger partial charge in [0.1, 0.15) is 12.1 Å². The van der Waals surface area contributed by atoms with Crippen LogP contribution in [0.3, 0.4) is 0 Å². The number of imidazole rings is 1. The average molecular weight is 399 g/mol. The molecule has 0 aliphatic carbocycles. The van der Waals surface area contributed by atoms with Crippen LogP contribution in [0.1, 0.15) is 29.3 Å². The lowest BCUT2D eigenvalue weighted by Crippen LogP contribution is -2.23. The smallest absolute Gasteiger partial charge is 0.251 e. The summed E-state index contributed by atoms with van der Waals surface area (Å²) in [5.74, 6) is 0.444. The molecule has 0 aliphatic rings. The minimum absolute atomic E-state index is 0.0325. The van der Waals surface area contributed by atoms with E-state index < -0.39 is 10.0 Å². The fraction of sp³-hybridized carbons (Fsp3) is 0.211. The quantitative estimate of drug-likeness (QED) is 0.605. The second-order valence-corrected chi connectivity index (χ2v) is 8.02. The lowest BCUT2D eigenvalue weighted by molar-refractivity contribution is 0.0951. The van der Waals surface area contributed by atoms with Crippen LogP contribution in [0.25, 0.3) is 5.82 Å². The summed E-state index contributed by atoms with van der Waals surface area (Å²) in [6.07, 6.45) is 7.28. The van der Waals surface area contributed by atoms with Crippen LogP contribution in [-0.4, -0.2) is 34.6 Å². The summed E-state index contributed by atoms with van der Waals surface area (Å²) in [6.45, 7) is 2.11. The van der Waals surface area contributed by atoms with E-state index >= 15 is 0 Å². The van der Waals surface area contributed by atoms with Crippen LogP contribution < -0.4 is 10.0 Å². The van der Waals surface area contributed by atoms with Crippen molar-refractivity contribution in [1.29, 1.82) is 0 Å². The van der Waals surface area contributed by atoms with E-state index in [0.29, 0.717) is 30.0 Å². The molecule has 0 atom stereocenters. The van der Waals surface area contributed by atoms with Crippen LogP contribution >= 0.6 is 0 Å². The number of aromatic nitrogens is 3. The Morgan fingerprint density at radius 1 is 1.18 bits per heavy atom. The molecule has 0 spiro atoms. The second kappa shape index (κ2) is 8.66. The summed E-state index contributed by atoms with van der Waals surface area (Å²) >= 11 is 0. The fourth-order valence-electron chi connectivity index (χ4n) is 2.61. The average Bonchev–Trinajstić information content (AvgIpc) is 3.21. The zero-order valence-corrected chi connectivity index (χ0v) is 16.2. The Kier molecular flexibility index (Phi) is 6.05. The van der Waals surface area contributed by atoms with E-state index in [4.69, 9.17) is 0 Å². The number of carbonyl (C=O) groups is 1. The molecule has 0 aliphatic heterocycles. The number of hydrogen-bond donors (Lipinski definition) is 2. The molecule has 8 nitrogen and oxygen atoms in total. The van der Waals surface area contributed by atoms with E-state index in [1.807, 2.05) is 12.1 Å². The van der Waals surface area contributed by atoms with Gasteiger partial charge in [-0.1, -0.05) is 13.0 Å². The molecular weight excluding hydrogens is 378 g/mol. The van der Waals surface area contributed by atoms with Crippen molar-refractivity contribution < 1.29 is 13.2 Å². The van der Waals surface area contributed by atoms with E-state index in [1.165, 1.54) is 6.07 Å². The number of nitrogens with zero attached hydrogens (tertiary/aromatic N) is 3. The highest BCUT2D eigenvalue weighted by Crippen LogP contribution is 2.13. The molecular formula is C19H21N5O3S. The van der Waals surface area contributed by atoms with E-state index in [-0.39, 0.29) is 11.7 Å². The van der Waals surface area contributed by atoms with E-state index in [0.717, 1.165) is 5.56 Å². The number of nitrogens with one attached hydrogen (secondary N) is 2. The van der Waals surface area contributed by atoms with Gasteiger partial charge in [-0.25, -0.2) is 18.4 Å². The normalized spacial score (nSPS) is 11.2. The molecule has 0 bridgehead atoms. The number of benzene rings is 1. The van der Waals surface area contributed by atoms with Gasteiger partial charge >= 0.3 is 0 Å². The number of anilines is 1.